The second-order valence-corrected chi connectivity index (χ2v) is 7.63. The van der Waals surface area contributed by atoms with Crippen molar-refractivity contribution in [2.45, 2.75) is 33.1 Å². The summed E-state index contributed by atoms with van der Waals surface area (Å²) in [6, 6.07) is 6.75. The van der Waals surface area contributed by atoms with E-state index in [0.29, 0.717) is 10.6 Å². The molecule has 1 aromatic carbocycles. The van der Waals surface area contributed by atoms with E-state index in [1.807, 2.05) is 26.0 Å². The number of anilines is 2. The lowest BCUT2D eigenvalue weighted by atomic mass is 10.1. The lowest BCUT2D eigenvalue weighted by Crippen LogP contribution is -2.39. The van der Waals surface area contributed by atoms with Gasteiger partial charge in [-0.25, -0.2) is 9.69 Å². The number of benzene rings is 1. The van der Waals surface area contributed by atoms with Gasteiger partial charge < -0.3 is 10.2 Å². The molecule has 0 spiro atoms. The summed E-state index contributed by atoms with van der Waals surface area (Å²) in [6.07, 6.45) is 3.63. The third kappa shape index (κ3) is 4.32. The summed E-state index contributed by atoms with van der Waals surface area (Å²) in [5, 5.41) is 2.68. The molecule has 1 aromatic rings. The van der Waals surface area contributed by atoms with Crippen LogP contribution in [0.15, 0.2) is 24.3 Å². The van der Waals surface area contributed by atoms with E-state index in [2.05, 4.69) is 10.2 Å². The Morgan fingerprint density at radius 1 is 0.964 bits per heavy atom. The first-order chi connectivity index (χ1) is 13.4. The van der Waals surface area contributed by atoms with Gasteiger partial charge in [0.15, 0.2) is 0 Å². The van der Waals surface area contributed by atoms with Crippen molar-refractivity contribution in [1.29, 1.82) is 0 Å². The predicted molar refractivity (Wildman–Crippen MR) is 105 cm³/mol. The highest BCUT2D eigenvalue weighted by Crippen LogP contribution is 2.22. The fraction of sp³-hybridized carbons (Fsp3) is 0.500. The van der Waals surface area contributed by atoms with Gasteiger partial charge in [0.25, 0.3) is 0 Å². The van der Waals surface area contributed by atoms with E-state index in [9.17, 15) is 19.2 Å². The van der Waals surface area contributed by atoms with E-state index in [1.54, 1.807) is 12.1 Å². The topological polar surface area (TPSA) is 90.0 Å². The minimum Gasteiger partial charge on any atom is -0.372 e. The molecule has 2 heterocycles. The normalized spacial score (nSPS) is 17.7. The maximum atomic E-state index is 12.3. The molecule has 8 heteroatoms. The molecule has 1 N–H and O–H groups in total. The van der Waals surface area contributed by atoms with Crippen LogP contribution in [-0.4, -0.2) is 59.7 Å². The summed E-state index contributed by atoms with van der Waals surface area (Å²) in [5.41, 5.74) is 1.69. The zero-order valence-electron chi connectivity index (χ0n) is 16.3. The molecule has 0 bridgehead atoms. The van der Waals surface area contributed by atoms with Gasteiger partial charge in [-0.3, -0.25) is 19.3 Å². The lowest BCUT2D eigenvalue weighted by molar-refractivity contribution is -0.143. The van der Waals surface area contributed by atoms with Crippen LogP contribution < -0.4 is 10.2 Å². The maximum Gasteiger partial charge on any atom is 0.334 e. The number of imide groups is 2. The van der Waals surface area contributed by atoms with Crippen molar-refractivity contribution in [3.8, 4) is 0 Å². The molecule has 150 valence electrons. The average Bonchev–Trinajstić information content (AvgIpc) is 2.87. The van der Waals surface area contributed by atoms with E-state index in [1.165, 1.54) is 19.3 Å². The smallest absolute Gasteiger partial charge is 0.334 e. The maximum absolute atomic E-state index is 12.3. The van der Waals surface area contributed by atoms with Gasteiger partial charge in [0.2, 0.25) is 5.91 Å². The third-order valence-corrected chi connectivity index (χ3v) is 4.86. The van der Waals surface area contributed by atoms with Gasteiger partial charge in [-0.15, -0.1) is 0 Å². The van der Waals surface area contributed by atoms with Crippen LogP contribution in [0.5, 0.6) is 0 Å². The van der Waals surface area contributed by atoms with Gasteiger partial charge in [0.1, 0.15) is 6.54 Å². The summed E-state index contributed by atoms with van der Waals surface area (Å²) >= 11 is 0. The average molecular weight is 386 g/mol. The molecule has 0 aromatic heterocycles. The summed E-state index contributed by atoms with van der Waals surface area (Å²) in [6.45, 7) is 5.42. The number of amides is 5. The van der Waals surface area contributed by atoms with Crippen molar-refractivity contribution in [2.24, 2.45) is 5.92 Å². The molecule has 8 nitrogen and oxygen atoms in total. The number of rotatable bonds is 6. The Bertz CT molecular complexity index is 769. The Morgan fingerprint density at radius 2 is 1.57 bits per heavy atom. The molecule has 0 radical (unpaired) electrons. The number of hydrogen-bond acceptors (Lipinski definition) is 5. The van der Waals surface area contributed by atoms with E-state index in [0.717, 1.165) is 23.7 Å². The van der Waals surface area contributed by atoms with Gasteiger partial charge in [0, 0.05) is 31.0 Å². The fourth-order valence-electron chi connectivity index (χ4n) is 3.47. The van der Waals surface area contributed by atoms with Gasteiger partial charge in [-0.2, -0.15) is 0 Å². The molecule has 2 saturated heterocycles. The molecule has 2 aliphatic heterocycles. The number of nitrogens with one attached hydrogen (secondary N) is 1. The summed E-state index contributed by atoms with van der Waals surface area (Å²) in [4.78, 5) is 52.5. The number of urea groups is 1. The van der Waals surface area contributed by atoms with Crippen molar-refractivity contribution in [2.75, 3.05) is 36.4 Å². The number of hydrogen-bond donors (Lipinski definition) is 1. The zero-order chi connectivity index (χ0) is 20.3. The highest BCUT2D eigenvalue weighted by Gasteiger charge is 2.45. The fourth-order valence-corrected chi connectivity index (χ4v) is 3.47. The first-order valence-electron chi connectivity index (χ1n) is 9.69. The summed E-state index contributed by atoms with van der Waals surface area (Å²) in [7, 11) is 0. The molecular weight excluding hydrogens is 360 g/mol. The van der Waals surface area contributed by atoms with Crippen LogP contribution in [0.25, 0.3) is 0 Å². The van der Waals surface area contributed by atoms with E-state index < -0.39 is 30.3 Å². The van der Waals surface area contributed by atoms with Crippen LogP contribution in [0.4, 0.5) is 16.2 Å². The molecule has 28 heavy (non-hydrogen) atoms. The summed E-state index contributed by atoms with van der Waals surface area (Å²) < 4.78 is 0. The minimum atomic E-state index is -0.957. The van der Waals surface area contributed by atoms with Gasteiger partial charge in [0.05, 0.1) is 0 Å². The number of carbonyl (C=O) groups excluding carboxylic acids is 4. The molecule has 0 aliphatic carbocycles. The molecule has 0 saturated carbocycles. The van der Waals surface area contributed by atoms with Crippen molar-refractivity contribution in [3.63, 3.8) is 0 Å². The van der Waals surface area contributed by atoms with Gasteiger partial charge >= 0.3 is 17.8 Å². The highest BCUT2D eigenvalue weighted by atomic mass is 16.2. The number of nitrogens with zero attached hydrogens (tertiary/aromatic N) is 3. The Labute approximate surface area is 164 Å². The second-order valence-electron chi connectivity index (χ2n) is 7.63. The molecule has 2 fully saturated rings. The Hall–Kier alpha value is -2.90. The zero-order valence-corrected chi connectivity index (χ0v) is 16.3. The third-order valence-electron chi connectivity index (χ3n) is 4.86. The monoisotopic (exact) mass is 386 g/mol. The second kappa shape index (κ2) is 8.41. The van der Waals surface area contributed by atoms with Crippen LogP contribution in [0.2, 0.25) is 0 Å². The van der Waals surface area contributed by atoms with Crippen LogP contribution in [0, 0.1) is 5.92 Å². The van der Waals surface area contributed by atoms with E-state index in [4.69, 9.17) is 0 Å². The molecule has 0 atom stereocenters. The quantitative estimate of drug-likeness (QED) is 0.597. The molecule has 5 amide bonds. The lowest BCUT2D eigenvalue weighted by Gasteiger charge is -2.28. The molecule has 0 unspecified atom stereocenters. The minimum absolute atomic E-state index is 0.0351. The Balaban J connectivity index is 1.58. The standard InChI is InChI=1S/C20H26N4O4/c1-14(2)12-23-18(26)19(27)24(20(23)28)13-17(25)21-15-6-8-16(9-7-15)22-10-4-3-5-11-22/h6-9,14H,3-5,10-13H2,1-2H3,(H,21,25). The van der Waals surface area contributed by atoms with Crippen molar-refractivity contribution in [3.05, 3.63) is 24.3 Å². The Kier molecular flexibility index (Phi) is 5.96. The number of carbonyl (C=O) groups is 4. The van der Waals surface area contributed by atoms with Crippen LogP contribution in [0.3, 0.4) is 0 Å². The van der Waals surface area contributed by atoms with E-state index in [-0.39, 0.29) is 12.5 Å². The summed E-state index contributed by atoms with van der Waals surface area (Å²) in [5.74, 6) is -2.32. The number of piperidine rings is 1. The molecular formula is C20H26N4O4. The predicted octanol–water partition coefficient (Wildman–Crippen LogP) is 2.06. The van der Waals surface area contributed by atoms with E-state index >= 15 is 0 Å². The van der Waals surface area contributed by atoms with Crippen LogP contribution >= 0.6 is 0 Å². The molecule has 3 rings (SSSR count). The Morgan fingerprint density at radius 3 is 2.18 bits per heavy atom. The first-order valence-corrected chi connectivity index (χ1v) is 9.69. The van der Waals surface area contributed by atoms with Crippen molar-refractivity contribution in [1.82, 2.24) is 9.80 Å². The van der Waals surface area contributed by atoms with Gasteiger partial charge in [-0.1, -0.05) is 13.8 Å². The highest BCUT2D eigenvalue weighted by molar-refractivity contribution is 6.45. The van der Waals surface area contributed by atoms with Crippen molar-refractivity contribution < 1.29 is 19.2 Å². The van der Waals surface area contributed by atoms with Crippen LogP contribution in [-0.2, 0) is 14.4 Å². The SMILES string of the molecule is CC(C)CN1C(=O)C(=O)N(CC(=O)Nc2ccc(N3CCCCC3)cc2)C1=O. The van der Waals surface area contributed by atoms with Crippen molar-refractivity contribution >= 4 is 35.1 Å². The van der Waals surface area contributed by atoms with Crippen LogP contribution in [0.1, 0.15) is 33.1 Å². The first kappa shape index (κ1) is 19.9. The van der Waals surface area contributed by atoms with Gasteiger partial charge in [-0.05, 0) is 49.4 Å². The molecule has 2 aliphatic rings. The largest absolute Gasteiger partial charge is 0.372 e.